The summed E-state index contributed by atoms with van der Waals surface area (Å²) in [6.45, 7) is 11.9. The lowest BCUT2D eigenvalue weighted by molar-refractivity contribution is 0.0547. The predicted molar refractivity (Wildman–Crippen MR) is 78.3 cm³/mol. The number of piperazine rings is 1. The minimum absolute atomic E-state index is 0.710. The summed E-state index contributed by atoms with van der Waals surface area (Å²) in [6.07, 6.45) is 2.81. The van der Waals surface area contributed by atoms with Crippen LogP contribution in [0.25, 0.3) is 0 Å². The monoisotopic (exact) mass is 264 g/mol. The van der Waals surface area contributed by atoms with E-state index in [1.807, 2.05) is 11.3 Å². The largest absolute Gasteiger partial charge is 0.298 e. The van der Waals surface area contributed by atoms with Crippen LogP contribution in [-0.2, 0) is 6.54 Å². The van der Waals surface area contributed by atoms with Crippen LogP contribution in [0.2, 0.25) is 0 Å². The quantitative estimate of drug-likeness (QED) is 0.810. The Bertz CT molecular complexity index is 407. The van der Waals surface area contributed by atoms with Gasteiger partial charge in [-0.3, -0.25) is 9.80 Å². The minimum atomic E-state index is 0.710. The van der Waals surface area contributed by atoms with Crippen LogP contribution >= 0.6 is 11.3 Å². The molecule has 2 aliphatic heterocycles. The van der Waals surface area contributed by atoms with Crippen LogP contribution in [0.15, 0.2) is 6.07 Å². The molecule has 2 saturated heterocycles. The normalized spacial score (nSPS) is 29.7. The highest BCUT2D eigenvalue weighted by Crippen LogP contribution is 2.28. The number of hydrogen-bond donors (Lipinski definition) is 0. The summed E-state index contributed by atoms with van der Waals surface area (Å²) in [7, 11) is 0. The smallest absolute Gasteiger partial charge is 0.0332 e. The Hall–Kier alpha value is -0.380. The lowest BCUT2D eigenvalue weighted by atomic mass is 10.1. The summed E-state index contributed by atoms with van der Waals surface area (Å²) in [5.41, 5.74) is 1.46. The molecular formula is C15H24N2S. The van der Waals surface area contributed by atoms with Gasteiger partial charge in [0.2, 0.25) is 0 Å². The van der Waals surface area contributed by atoms with Crippen LogP contribution in [0.3, 0.4) is 0 Å². The van der Waals surface area contributed by atoms with E-state index in [9.17, 15) is 0 Å². The van der Waals surface area contributed by atoms with Crippen molar-refractivity contribution in [2.24, 2.45) is 0 Å². The summed E-state index contributed by atoms with van der Waals surface area (Å²) in [5, 5.41) is 0. The molecule has 1 aromatic heterocycles. The van der Waals surface area contributed by atoms with E-state index in [2.05, 4.69) is 36.6 Å². The van der Waals surface area contributed by atoms with Crippen LogP contribution in [0, 0.1) is 13.8 Å². The van der Waals surface area contributed by atoms with Gasteiger partial charge >= 0.3 is 0 Å². The lowest BCUT2D eigenvalue weighted by Gasteiger charge is -2.42. The Labute approximate surface area is 115 Å². The van der Waals surface area contributed by atoms with Crippen LogP contribution in [0.5, 0.6) is 0 Å². The molecule has 2 aliphatic rings. The van der Waals surface area contributed by atoms with Crippen molar-refractivity contribution in [2.75, 3.05) is 19.6 Å². The number of aryl methyl sites for hydroxylation is 2. The highest BCUT2D eigenvalue weighted by Gasteiger charge is 2.34. The number of fused-ring (bicyclic) bond motifs is 1. The van der Waals surface area contributed by atoms with Crippen LogP contribution < -0.4 is 0 Å². The molecule has 18 heavy (non-hydrogen) atoms. The van der Waals surface area contributed by atoms with Gasteiger partial charge in [-0.1, -0.05) is 0 Å². The zero-order valence-electron chi connectivity index (χ0n) is 11.8. The Morgan fingerprint density at radius 3 is 2.89 bits per heavy atom. The van der Waals surface area contributed by atoms with Crippen molar-refractivity contribution in [2.45, 2.75) is 52.2 Å². The van der Waals surface area contributed by atoms with Gasteiger partial charge in [-0.15, -0.1) is 11.3 Å². The third kappa shape index (κ3) is 2.36. The summed E-state index contributed by atoms with van der Waals surface area (Å²) in [4.78, 5) is 8.42. The van der Waals surface area contributed by atoms with E-state index in [0.717, 1.165) is 12.6 Å². The van der Waals surface area contributed by atoms with E-state index in [1.165, 1.54) is 42.9 Å². The van der Waals surface area contributed by atoms with Crippen LogP contribution in [0.1, 0.15) is 35.1 Å². The summed E-state index contributed by atoms with van der Waals surface area (Å²) >= 11 is 1.98. The van der Waals surface area contributed by atoms with Crippen molar-refractivity contribution < 1.29 is 0 Å². The third-order valence-corrected chi connectivity index (χ3v) is 5.78. The van der Waals surface area contributed by atoms with E-state index < -0.39 is 0 Å². The summed E-state index contributed by atoms with van der Waals surface area (Å²) in [5.74, 6) is 0. The SMILES string of the molecule is Cc1cc(CN2CC3CCCN3CC2C)sc1C. The fourth-order valence-electron chi connectivity index (χ4n) is 3.40. The third-order valence-electron chi connectivity index (χ3n) is 4.64. The zero-order chi connectivity index (χ0) is 12.7. The van der Waals surface area contributed by atoms with E-state index in [0.29, 0.717) is 6.04 Å². The molecule has 0 spiro atoms. The molecule has 100 valence electrons. The molecule has 0 bridgehead atoms. The van der Waals surface area contributed by atoms with Gasteiger partial charge in [0.15, 0.2) is 0 Å². The molecule has 0 N–H and O–H groups in total. The van der Waals surface area contributed by atoms with Gasteiger partial charge in [0.25, 0.3) is 0 Å². The van der Waals surface area contributed by atoms with Crippen LogP contribution in [-0.4, -0.2) is 41.5 Å². The van der Waals surface area contributed by atoms with Gasteiger partial charge in [0.1, 0.15) is 0 Å². The Balaban J connectivity index is 1.68. The number of rotatable bonds is 2. The molecule has 2 nitrogen and oxygen atoms in total. The molecule has 3 rings (SSSR count). The Kier molecular flexibility index (Phi) is 3.48. The van der Waals surface area contributed by atoms with Crippen molar-refractivity contribution >= 4 is 11.3 Å². The fourth-order valence-corrected chi connectivity index (χ4v) is 4.48. The molecule has 0 amide bonds. The van der Waals surface area contributed by atoms with Crippen LogP contribution in [0.4, 0.5) is 0 Å². The highest BCUT2D eigenvalue weighted by atomic mass is 32.1. The maximum absolute atomic E-state index is 2.70. The first kappa shape index (κ1) is 12.6. The first-order valence-corrected chi connectivity index (χ1v) is 7.99. The lowest BCUT2D eigenvalue weighted by Crippen LogP contribution is -2.54. The number of nitrogens with zero attached hydrogens (tertiary/aromatic N) is 2. The second kappa shape index (κ2) is 4.95. The molecule has 2 atom stereocenters. The summed E-state index contributed by atoms with van der Waals surface area (Å²) < 4.78 is 0. The molecule has 2 unspecified atom stereocenters. The summed E-state index contributed by atoms with van der Waals surface area (Å²) in [6, 6.07) is 3.93. The van der Waals surface area contributed by atoms with Gasteiger partial charge in [-0.2, -0.15) is 0 Å². The zero-order valence-corrected chi connectivity index (χ0v) is 12.6. The second-order valence-corrected chi connectivity index (χ2v) is 7.36. The number of hydrogen-bond acceptors (Lipinski definition) is 3. The standard InChI is InChI=1S/C15H24N2S/c1-11-7-15(18-13(11)3)10-17-9-14-5-4-6-16(14)8-12(17)2/h7,12,14H,4-6,8-10H2,1-3H3. The molecule has 3 heteroatoms. The average Bonchev–Trinajstić information content (AvgIpc) is 2.87. The number of thiophene rings is 1. The van der Waals surface area contributed by atoms with Crippen molar-refractivity contribution in [3.05, 3.63) is 21.4 Å². The van der Waals surface area contributed by atoms with Gasteiger partial charge in [-0.05, 0) is 51.8 Å². The first-order chi connectivity index (χ1) is 8.63. The molecule has 0 aliphatic carbocycles. The molecule has 0 radical (unpaired) electrons. The average molecular weight is 264 g/mol. The van der Waals surface area contributed by atoms with E-state index >= 15 is 0 Å². The Morgan fingerprint density at radius 1 is 1.33 bits per heavy atom. The van der Waals surface area contributed by atoms with Gasteiger partial charge < -0.3 is 0 Å². The van der Waals surface area contributed by atoms with E-state index in [1.54, 1.807) is 4.88 Å². The van der Waals surface area contributed by atoms with Crippen molar-refractivity contribution in [1.82, 2.24) is 9.80 Å². The molecule has 3 heterocycles. The van der Waals surface area contributed by atoms with Crippen molar-refractivity contribution in [1.29, 1.82) is 0 Å². The predicted octanol–water partition coefficient (Wildman–Crippen LogP) is 3.03. The molecule has 2 fully saturated rings. The molecule has 0 saturated carbocycles. The maximum Gasteiger partial charge on any atom is 0.0332 e. The fraction of sp³-hybridized carbons (Fsp3) is 0.733. The van der Waals surface area contributed by atoms with Gasteiger partial charge in [0, 0.05) is 41.5 Å². The topological polar surface area (TPSA) is 6.48 Å². The van der Waals surface area contributed by atoms with Crippen molar-refractivity contribution in [3.8, 4) is 0 Å². The highest BCUT2D eigenvalue weighted by molar-refractivity contribution is 7.12. The molecule has 1 aromatic rings. The van der Waals surface area contributed by atoms with Gasteiger partial charge in [0.05, 0.1) is 0 Å². The Morgan fingerprint density at radius 2 is 2.17 bits per heavy atom. The minimum Gasteiger partial charge on any atom is -0.298 e. The van der Waals surface area contributed by atoms with E-state index in [-0.39, 0.29) is 0 Å². The first-order valence-electron chi connectivity index (χ1n) is 7.17. The second-order valence-electron chi connectivity index (χ2n) is 6.02. The van der Waals surface area contributed by atoms with E-state index in [4.69, 9.17) is 0 Å². The molecule has 0 aromatic carbocycles. The maximum atomic E-state index is 2.70. The van der Waals surface area contributed by atoms with Gasteiger partial charge in [-0.25, -0.2) is 0 Å². The molecular weight excluding hydrogens is 240 g/mol. The van der Waals surface area contributed by atoms with Crippen molar-refractivity contribution in [3.63, 3.8) is 0 Å².